The van der Waals surface area contributed by atoms with Crippen LogP contribution >= 0.6 is 0 Å². The van der Waals surface area contributed by atoms with Gasteiger partial charge in [0.15, 0.2) is 0 Å². The van der Waals surface area contributed by atoms with E-state index in [4.69, 9.17) is 9.47 Å². The lowest BCUT2D eigenvalue weighted by Crippen LogP contribution is -2.30. The number of likely N-dealkylation sites (N-methyl/N-ethyl adjacent to an activating group) is 1. The van der Waals surface area contributed by atoms with E-state index in [9.17, 15) is 4.79 Å². The zero-order valence-corrected chi connectivity index (χ0v) is 11.2. The minimum Gasteiger partial charge on any atom is -0.494 e. The zero-order valence-electron chi connectivity index (χ0n) is 11.2. The fraction of sp³-hybridized carbons (Fsp3) is 0.500. The lowest BCUT2D eigenvalue weighted by molar-refractivity contribution is -0.145. The lowest BCUT2D eigenvalue weighted by Gasteiger charge is -2.17. The summed E-state index contributed by atoms with van der Waals surface area (Å²) >= 11 is 0. The number of rotatable bonds is 7. The Balaban J connectivity index is 2.81. The number of nitrogens with one attached hydrogen (secondary N) is 1. The molecule has 0 aromatic heterocycles. The van der Waals surface area contributed by atoms with Crippen molar-refractivity contribution in [3.8, 4) is 5.75 Å². The molecule has 1 rings (SSSR count). The Kier molecular flexibility index (Phi) is 6.22. The van der Waals surface area contributed by atoms with Crippen LogP contribution in [0.5, 0.6) is 5.75 Å². The fourth-order valence-corrected chi connectivity index (χ4v) is 1.69. The summed E-state index contributed by atoms with van der Waals surface area (Å²) in [5.74, 6) is 0.559. The van der Waals surface area contributed by atoms with Gasteiger partial charge in [-0.1, -0.05) is 19.1 Å². The van der Waals surface area contributed by atoms with Gasteiger partial charge in [-0.25, -0.2) is 4.79 Å². The van der Waals surface area contributed by atoms with Crippen molar-refractivity contribution in [3.63, 3.8) is 0 Å². The first-order valence-corrected chi connectivity index (χ1v) is 6.35. The van der Waals surface area contributed by atoms with Gasteiger partial charge in [0.1, 0.15) is 11.8 Å². The van der Waals surface area contributed by atoms with Gasteiger partial charge in [-0.15, -0.1) is 0 Å². The van der Waals surface area contributed by atoms with E-state index in [0.29, 0.717) is 19.8 Å². The second-order valence-corrected chi connectivity index (χ2v) is 3.74. The highest BCUT2D eigenvalue weighted by Gasteiger charge is 2.20. The summed E-state index contributed by atoms with van der Waals surface area (Å²) < 4.78 is 10.4. The second-order valence-electron chi connectivity index (χ2n) is 3.74. The maximum atomic E-state index is 11.8. The highest BCUT2D eigenvalue weighted by molar-refractivity contribution is 5.77. The first-order valence-electron chi connectivity index (χ1n) is 6.35. The molecule has 0 fully saturated rings. The van der Waals surface area contributed by atoms with E-state index in [1.165, 1.54) is 0 Å². The van der Waals surface area contributed by atoms with Gasteiger partial charge in [0.2, 0.25) is 0 Å². The largest absolute Gasteiger partial charge is 0.494 e. The third-order valence-electron chi connectivity index (χ3n) is 2.45. The lowest BCUT2D eigenvalue weighted by atomic mass is 10.1. The van der Waals surface area contributed by atoms with Crippen molar-refractivity contribution in [2.75, 3.05) is 19.8 Å². The number of ether oxygens (including phenoxy) is 2. The summed E-state index contributed by atoms with van der Waals surface area (Å²) in [6.07, 6.45) is 0. The van der Waals surface area contributed by atoms with Crippen molar-refractivity contribution in [1.29, 1.82) is 0 Å². The summed E-state index contributed by atoms with van der Waals surface area (Å²) in [6, 6.07) is 7.08. The van der Waals surface area contributed by atoms with E-state index in [-0.39, 0.29) is 5.97 Å². The molecular formula is C14H21NO3. The average molecular weight is 251 g/mol. The molecule has 1 aromatic carbocycles. The molecular weight excluding hydrogens is 230 g/mol. The second kappa shape index (κ2) is 7.71. The van der Waals surface area contributed by atoms with Crippen molar-refractivity contribution in [2.24, 2.45) is 0 Å². The van der Waals surface area contributed by atoms with Crippen LogP contribution < -0.4 is 10.1 Å². The summed E-state index contributed by atoms with van der Waals surface area (Å²) in [7, 11) is 0. The fourth-order valence-electron chi connectivity index (χ4n) is 1.69. The molecule has 0 saturated carbocycles. The quantitative estimate of drug-likeness (QED) is 0.755. The van der Waals surface area contributed by atoms with E-state index in [0.717, 1.165) is 11.3 Å². The minimum absolute atomic E-state index is 0.247. The smallest absolute Gasteiger partial charge is 0.327 e. The third-order valence-corrected chi connectivity index (χ3v) is 2.45. The van der Waals surface area contributed by atoms with Crippen molar-refractivity contribution >= 4 is 5.97 Å². The molecule has 18 heavy (non-hydrogen) atoms. The molecule has 1 N–H and O–H groups in total. The highest BCUT2D eigenvalue weighted by atomic mass is 16.5. The number of benzene rings is 1. The average Bonchev–Trinajstić information content (AvgIpc) is 2.38. The van der Waals surface area contributed by atoms with Gasteiger partial charge in [-0.3, -0.25) is 0 Å². The summed E-state index contributed by atoms with van der Waals surface area (Å²) in [6.45, 7) is 7.43. The summed E-state index contributed by atoms with van der Waals surface area (Å²) in [5.41, 5.74) is 0.888. The molecule has 0 heterocycles. The molecule has 0 saturated heterocycles. The third kappa shape index (κ3) is 4.04. The molecule has 0 radical (unpaired) electrons. The van der Waals surface area contributed by atoms with E-state index < -0.39 is 6.04 Å². The van der Waals surface area contributed by atoms with Crippen LogP contribution in [0.4, 0.5) is 0 Å². The maximum Gasteiger partial charge on any atom is 0.327 e. The number of esters is 1. The van der Waals surface area contributed by atoms with Crippen molar-refractivity contribution in [3.05, 3.63) is 29.8 Å². The van der Waals surface area contributed by atoms with E-state index >= 15 is 0 Å². The number of carbonyl (C=O) groups is 1. The van der Waals surface area contributed by atoms with E-state index in [2.05, 4.69) is 5.32 Å². The Bertz CT molecular complexity index is 362. The van der Waals surface area contributed by atoms with Gasteiger partial charge in [-0.05, 0) is 38.1 Å². The van der Waals surface area contributed by atoms with Crippen LogP contribution in [0.15, 0.2) is 24.3 Å². The first kappa shape index (κ1) is 14.5. The Labute approximate surface area is 108 Å². The predicted molar refractivity (Wildman–Crippen MR) is 70.7 cm³/mol. The summed E-state index contributed by atoms with van der Waals surface area (Å²) in [4.78, 5) is 11.8. The molecule has 100 valence electrons. The molecule has 1 atom stereocenters. The summed E-state index contributed by atoms with van der Waals surface area (Å²) in [5, 5.41) is 3.12. The molecule has 0 bridgehead atoms. The molecule has 0 aliphatic heterocycles. The van der Waals surface area contributed by atoms with Crippen LogP contribution in [0.3, 0.4) is 0 Å². The molecule has 0 spiro atoms. The van der Waals surface area contributed by atoms with Crippen molar-refractivity contribution in [1.82, 2.24) is 5.32 Å². The monoisotopic (exact) mass is 251 g/mol. The molecule has 0 amide bonds. The van der Waals surface area contributed by atoms with Gasteiger partial charge in [0.05, 0.1) is 13.2 Å². The number of carbonyl (C=O) groups excluding carboxylic acids is 1. The van der Waals surface area contributed by atoms with Crippen LogP contribution in [-0.4, -0.2) is 25.7 Å². The highest BCUT2D eigenvalue weighted by Crippen LogP contribution is 2.19. The maximum absolute atomic E-state index is 11.8. The number of hydrogen-bond acceptors (Lipinski definition) is 4. The minimum atomic E-state index is -0.411. The van der Waals surface area contributed by atoms with Gasteiger partial charge in [0, 0.05) is 0 Å². The van der Waals surface area contributed by atoms with Crippen LogP contribution in [0.25, 0.3) is 0 Å². The Morgan fingerprint density at radius 3 is 2.33 bits per heavy atom. The van der Waals surface area contributed by atoms with Gasteiger partial charge < -0.3 is 14.8 Å². The normalized spacial score (nSPS) is 11.9. The molecule has 0 aliphatic carbocycles. The van der Waals surface area contributed by atoms with Gasteiger partial charge >= 0.3 is 5.97 Å². The van der Waals surface area contributed by atoms with Crippen molar-refractivity contribution in [2.45, 2.75) is 26.8 Å². The standard InChI is InChI=1S/C14H21NO3/c1-4-15-13(14(16)18-6-3)11-7-9-12(10-8-11)17-5-2/h7-10,13,15H,4-6H2,1-3H3. The topological polar surface area (TPSA) is 47.6 Å². The Morgan fingerprint density at radius 1 is 1.17 bits per heavy atom. The Hall–Kier alpha value is -1.55. The van der Waals surface area contributed by atoms with Gasteiger partial charge in [0.25, 0.3) is 0 Å². The van der Waals surface area contributed by atoms with E-state index in [1.807, 2.05) is 38.1 Å². The zero-order chi connectivity index (χ0) is 13.4. The molecule has 4 heteroatoms. The van der Waals surface area contributed by atoms with Crippen LogP contribution in [0.2, 0.25) is 0 Å². The van der Waals surface area contributed by atoms with Gasteiger partial charge in [-0.2, -0.15) is 0 Å². The SMILES string of the molecule is CCNC(C(=O)OCC)c1ccc(OCC)cc1. The van der Waals surface area contributed by atoms with Crippen LogP contribution in [0, 0.1) is 0 Å². The van der Waals surface area contributed by atoms with E-state index in [1.54, 1.807) is 6.92 Å². The first-order chi connectivity index (χ1) is 8.72. The van der Waals surface area contributed by atoms with Crippen LogP contribution in [0.1, 0.15) is 32.4 Å². The molecule has 1 aromatic rings. The Morgan fingerprint density at radius 2 is 1.83 bits per heavy atom. The molecule has 0 aliphatic rings. The van der Waals surface area contributed by atoms with Crippen LogP contribution in [-0.2, 0) is 9.53 Å². The molecule has 1 unspecified atom stereocenters. The number of hydrogen-bond donors (Lipinski definition) is 1. The van der Waals surface area contributed by atoms with Crippen molar-refractivity contribution < 1.29 is 14.3 Å². The molecule has 4 nitrogen and oxygen atoms in total. The predicted octanol–water partition coefficient (Wildman–Crippen LogP) is 2.30.